The summed E-state index contributed by atoms with van der Waals surface area (Å²) in [4.78, 5) is 54.0. The smallest absolute Gasteiger partial charge is 0.339 e. The molecule has 12 heteroatoms. The summed E-state index contributed by atoms with van der Waals surface area (Å²) < 4.78 is 23.5. The molecule has 4 aliphatic rings. The standard InChI is InChI=1S/C37H57N3O7.C10H21NO/c1-32(2)15-23(16-33(3,4)38-32)45-29(42)26-14-28(31(44)47-25-19-36(9,10)40-37(11,12)20-25)27(13-22(26)21-41)30(43)46-24-17-34(5,6)39-35(7,8)18-24;1-9(2)6-8(12-5)7-10(3,4)11-9/h13-14,21,23-25,38-40H,15-20H2,1-12H3;8,11H,6-7H2,1-5H3. The number of carbonyl (C=O) groups excluding carboxylic acids is 4. The fourth-order valence-electron chi connectivity index (χ4n) is 11.2. The van der Waals surface area contributed by atoms with Crippen LogP contribution in [0.3, 0.4) is 0 Å². The maximum absolute atomic E-state index is 14.0. The maximum atomic E-state index is 14.0. The summed E-state index contributed by atoms with van der Waals surface area (Å²) in [6.07, 6.45) is 5.23. The van der Waals surface area contributed by atoms with Crippen LogP contribution in [0.5, 0.6) is 0 Å². The molecule has 4 N–H and O–H groups in total. The van der Waals surface area contributed by atoms with Crippen LogP contribution in [0, 0.1) is 0 Å². The van der Waals surface area contributed by atoms with E-state index in [2.05, 4.69) is 104 Å². The predicted octanol–water partition coefficient (Wildman–Crippen LogP) is 7.84. The van der Waals surface area contributed by atoms with Gasteiger partial charge in [-0.05, 0) is 136 Å². The average molecular weight is 827 g/mol. The Labute approximate surface area is 355 Å². The fourth-order valence-corrected chi connectivity index (χ4v) is 11.2. The molecular weight excluding hydrogens is 749 g/mol. The first kappa shape index (κ1) is 48.8. The van der Waals surface area contributed by atoms with E-state index in [0.717, 1.165) is 12.8 Å². The van der Waals surface area contributed by atoms with Gasteiger partial charge in [-0.1, -0.05) is 0 Å². The van der Waals surface area contributed by atoms with Gasteiger partial charge in [0, 0.05) is 95.5 Å². The van der Waals surface area contributed by atoms with Gasteiger partial charge in [0.15, 0.2) is 6.29 Å². The van der Waals surface area contributed by atoms with E-state index < -0.39 is 36.2 Å². The molecule has 0 bridgehead atoms. The minimum absolute atomic E-state index is 0.0546. The summed E-state index contributed by atoms with van der Waals surface area (Å²) in [6, 6.07) is 2.54. The van der Waals surface area contributed by atoms with E-state index in [9.17, 15) is 19.2 Å². The molecule has 334 valence electrons. The highest BCUT2D eigenvalue weighted by Gasteiger charge is 2.43. The van der Waals surface area contributed by atoms with E-state index in [1.54, 1.807) is 0 Å². The molecule has 0 unspecified atom stereocenters. The van der Waals surface area contributed by atoms with Gasteiger partial charge >= 0.3 is 17.9 Å². The number of benzene rings is 1. The second-order valence-electron chi connectivity index (χ2n) is 23.2. The van der Waals surface area contributed by atoms with Gasteiger partial charge in [-0.3, -0.25) is 4.79 Å². The van der Waals surface area contributed by atoms with Crippen LogP contribution in [0.4, 0.5) is 0 Å². The van der Waals surface area contributed by atoms with Gasteiger partial charge in [0.1, 0.15) is 18.3 Å². The van der Waals surface area contributed by atoms with Crippen LogP contribution in [-0.4, -0.2) is 100 Å². The van der Waals surface area contributed by atoms with E-state index >= 15 is 0 Å². The Morgan fingerprint density at radius 2 is 0.678 bits per heavy atom. The molecule has 0 radical (unpaired) electrons. The van der Waals surface area contributed by atoms with E-state index in [1.165, 1.54) is 12.1 Å². The molecule has 4 saturated heterocycles. The number of aldehydes is 1. The first-order valence-corrected chi connectivity index (χ1v) is 21.6. The average Bonchev–Trinajstić information content (AvgIpc) is 2.98. The van der Waals surface area contributed by atoms with Crippen molar-refractivity contribution in [3.63, 3.8) is 0 Å². The molecule has 4 aliphatic heterocycles. The van der Waals surface area contributed by atoms with Crippen molar-refractivity contribution >= 4 is 24.2 Å². The SMILES string of the molecule is CC1(C)CC(OC(=O)c2cc(C(=O)OC3CC(C)(C)NC(C)(C)C3)c(C(=O)OC3CC(C)(C)NC(C)(C)C3)cc2C=O)CC(C)(C)N1.COC1CC(C)(C)NC(C)(C)C1. The lowest BCUT2D eigenvalue weighted by Crippen LogP contribution is -2.60. The first-order chi connectivity index (χ1) is 26.6. The van der Waals surface area contributed by atoms with Crippen molar-refractivity contribution in [3.05, 3.63) is 34.4 Å². The van der Waals surface area contributed by atoms with Crippen molar-refractivity contribution in [3.8, 4) is 0 Å². The minimum Gasteiger partial charge on any atom is -0.459 e. The number of ether oxygens (including phenoxy) is 4. The third-order valence-electron chi connectivity index (χ3n) is 11.7. The van der Waals surface area contributed by atoms with Crippen LogP contribution in [0.1, 0.15) is 204 Å². The molecule has 0 atom stereocenters. The lowest BCUT2D eigenvalue weighted by atomic mass is 9.81. The highest BCUT2D eigenvalue weighted by atomic mass is 16.6. The lowest BCUT2D eigenvalue weighted by molar-refractivity contribution is -0.0108. The van der Waals surface area contributed by atoms with Crippen LogP contribution in [0.2, 0.25) is 0 Å². The van der Waals surface area contributed by atoms with Crippen molar-refractivity contribution in [2.75, 3.05) is 7.11 Å². The number of esters is 3. The zero-order valence-corrected chi connectivity index (χ0v) is 39.5. The summed E-state index contributed by atoms with van der Waals surface area (Å²) in [7, 11) is 1.81. The Balaban J connectivity index is 0.000000548. The van der Waals surface area contributed by atoms with Crippen LogP contribution in [0.25, 0.3) is 0 Å². The van der Waals surface area contributed by atoms with Crippen LogP contribution >= 0.6 is 0 Å². The third-order valence-corrected chi connectivity index (χ3v) is 11.7. The van der Waals surface area contributed by atoms with E-state index in [4.69, 9.17) is 18.9 Å². The van der Waals surface area contributed by atoms with Gasteiger partial charge in [0.25, 0.3) is 0 Å². The van der Waals surface area contributed by atoms with Gasteiger partial charge in [0.2, 0.25) is 0 Å². The van der Waals surface area contributed by atoms with Crippen molar-refractivity contribution in [1.82, 2.24) is 21.3 Å². The van der Waals surface area contributed by atoms with Gasteiger partial charge in [-0.15, -0.1) is 0 Å². The highest BCUT2D eigenvalue weighted by molar-refractivity contribution is 6.08. The first-order valence-electron chi connectivity index (χ1n) is 21.6. The van der Waals surface area contributed by atoms with Gasteiger partial charge < -0.3 is 40.2 Å². The minimum atomic E-state index is -0.753. The van der Waals surface area contributed by atoms with Gasteiger partial charge in [-0.25, -0.2) is 14.4 Å². The molecule has 0 aliphatic carbocycles. The fraction of sp³-hybridized carbons (Fsp3) is 0.787. The molecule has 0 saturated carbocycles. The van der Waals surface area contributed by atoms with Crippen LogP contribution in [0.15, 0.2) is 12.1 Å². The summed E-state index contributed by atoms with van der Waals surface area (Å²) in [5.41, 5.74) is -1.69. The Kier molecular flexibility index (Phi) is 14.1. The zero-order chi connectivity index (χ0) is 44.8. The number of rotatable bonds is 8. The third kappa shape index (κ3) is 14.1. The molecule has 0 amide bonds. The van der Waals surface area contributed by atoms with E-state index in [1.807, 2.05) is 34.8 Å². The lowest BCUT2D eigenvalue weighted by Gasteiger charge is -2.46. The van der Waals surface area contributed by atoms with Crippen molar-refractivity contribution in [1.29, 1.82) is 0 Å². The summed E-state index contributed by atoms with van der Waals surface area (Å²) in [5.74, 6) is -2.23. The van der Waals surface area contributed by atoms with Crippen molar-refractivity contribution in [2.24, 2.45) is 0 Å². The number of methoxy groups -OCH3 is 1. The van der Waals surface area contributed by atoms with Gasteiger partial charge in [-0.2, -0.15) is 0 Å². The number of hydrogen-bond acceptors (Lipinski definition) is 12. The molecule has 5 rings (SSSR count). The summed E-state index contributed by atoms with van der Waals surface area (Å²) in [5, 5.41) is 14.3. The van der Waals surface area contributed by atoms with Crippen molar-refractivity contribution in [2.45, 2.75) is 231 Å². The molecule has 59 heavy (non-hydrogen) atoms. The molecule has 0 aromatic heterocycles. The number of nitrogens with one attached hydrogen (secondary N) is 4. The molecule has 1 aromatic carbocycles. The molecule has 4 heterocycles. The zero-order valence-electron chi connectivity index (χ0n) is 39.5. The maximum Gasteiger partial charge on any atom is 0.339 e. The Morgan fingerprint density at radius 3 is 0.932 bits per heavy atom. The molecule has 12 nitrogen and oxygen atoms in total. The second kappa shape index (κ2) is 17.1. The topological polar surface area (TPSA) is 153 Å². The number of piperidine rings is 4. The van der Waals surface area contributed by atoms with E-state index in [-0.39, 0.29) is 66.6 Å². The molecule has 4 fully saturated rings. The van der Waals surface area contributed by atoms with Crippen LogP contribution in [-0.2, 0) is 18.9 Å². The molecule has 0 spiro atoms. The summed E-state index contributed by atoms with van der Waals surface area (Å²) >= 11 is 0. The molecular formula is C47H78N4O8. The second-order valence-corrected chi connectivity index (χ2v) is 23.2. The largest absolute Gasteiger partial charge is 0.459 e. The van der Waals surface area contributed by atoms with Crippen molar-refractivity contribution < 1.29 is 38.1 Å². The number of hydrogen-bond donors (Lipinski definition) is 4. The highest BCUT2D eigenvalue weighted by Crippen LogP contribution is 2.35. The van der Waals surface area contributed by atoms with Crippen LogP contribution < -0.4 is 21.3 Å². The Hall–Kier alpha value is -2.90. The Bertz CT molecular complexity index is 1660. The monoisotopic (exact) mass is 827 g/mol. The quantitative estimate of drug-likeness (QED) is 0.115. The van der Waals surface area contributed by atoms with E-state index in [0.29, 0.717) is 50.9 Å². The molecule has 1 aromatic rings. The van der Waals surface area contributed by atoms with Gasteiger partial charge in [0.05, 0.1) is 22.8 Å². The summed E-state index contributed by atoms with van der Waals surface area (Å²) in [6.45, 7) is 33.6. The Morgan fingerprint density at radius 1 is 0.441 bits per heavy atom. The number of carbonyl (C=O) groups is 4. The predicted molar refractivity (Wildman–Crippen MR) is 232 cm³/mol. The normalized spacial score (nSPS) is 25.7.